The molecule has 4 fully saturated rings. The Morgan fingerprint density at radius 3 is 1.37 bits per heavy atom. The summed E-state index contributed by atoms with van der Waals surface area (Å²) in [4.78, 5) is 69.3. The van der Waals surface area contributed by atoms with E-state index in [0.29, 0.717) is 117 Å². The molecule has 22 nitrogen and oxygen atoms in total. The number of sulfone groups is 2. The van der Waals surface area contributed by atoms with Crippen LogP contribution >= 0.6 is 23.2 Å². The van der Waals surface area contributed by atoms with Crippen LogP contribution in [0.15, 0.2) is 48.5 Å². The quantitative estimate of drug-likeness (QED) is 0.0601. The Labute approximate surface area is 495 Å². The lowest BCUT2D eigenvalue weighted by Gasteiger charge is -2.32. The standard InChI is InChI=1S/C31H42ClN5O7S.C26H34ClN5O5S/c1-29(2,3)44-28(40)33-14-17-43-18-16-37-25-23(24(35-37)26(38)34-19-21-5-7-22(32)8-6-21)9-15-36(27(25)39)20-31(12-13-31)45(41,42)30(4)10-11-30;1-25(7-8-25)38(35,36)26(9-10-26)17-31-12-6-20-21(23(33)29-16-18-2-4-19(27)5-3-18)30-32(22(20)24(31)34)13-15-37-14-11-28/h5-8H,9-20H2,1-4H3,(H,33,40)(H,34,38);2-5H,6-17,28H2,1H3,(H,29,33). The summed E-state index contributed by atoms with van der Waals surface area (Å²) in [7, 11) is -6.75. The van der Waals surface area contributed by atoms with Crippen molar-refractivity contribution in [3.8, 4) is 0 Å². The first-order valence-electron chi connectivity index (χ1n) is 28.4. The molecule has 2 aromatic heterocycles. The number of nitrogens with zero attached hydrogens (tertiary/aromatic N) is 6. The molecule has 4 aromatic rings. The van der Waals surface area contributed by atoms with E-state index < -0.39 is 56.3 Å². The van der Waals surface area contributed by atoms with Crippen molar-refractivity contribution in [3.63, 3.8) is 0 Å². The van der Waals surface area contributed by atoms with E-state index in [0.717, 1.165) is 11.1 Å². The molecule has 0 unspecified atom stereocenters. The zero-order valence-electron chi connectivity index (χ0n) is 47.8. The summed E-state index contributed by atoms with van der Waals surface area (Å²) in [6.07, 6.45) is 5.16. The first-order chi connectivity index (χ1) is 39.3. The number of carbonyl (C=O) groups is 5. The monoisotopic (exact) mass is 1230 g/mol. The van der Waals surface area contributed by atoms with Gasteiger partial charge < -0.3 is 45.7 Å². The minimum Gasteiger partial charge on any atom is -0.444 e. The van der Waals surface area contributed by atoms with Gasteiger partial charge in [0.15, 0.2) is 31.1 Å². The van der Waals surface area contributed by atoms with E-state index in [4.69, 9.17) is 43.1 Å². The van der Waals surface area contributed by atoms with Crippen LogP contribution in [0.5, 0.6) is 0 Å². The van der Waals surface area contributed by atoms with Crippen molar-refractivity contribution < 1.29 is 55.0 Å². The van der Waals surface area contributed by atoms with Crippen molar-refractivity contribution in [1.82, 2.24) is 45.3 Å². The number of rotatable bonds is 25. The van der Waals surface area contributed by atoms with Gasteiger partial charge in [-0.25, -0.2) is 21.6 Å². The average molecular weight is 1230 g/mol. The maximum Gasteiger partial charge on any atom is 0.407 e. The Balaban J connectivity index is 0.000000202. The summed E-state index contributed by atoms with van der Waals surface area (Å²) in [5, 5.41) is 18.7. The van der Waals surface area contributed by atoms with Gasteiger partial charge in [0.2, 0.25) is 0 Å². The summed E-state index contributed by atoms with van der Waals surface area (Å²) in [5.74, 6) is -1.42. The molecule has 0 atom stereocenters. The van der Waals surface area contributed by atoms with E-state index in [1.54, 1.807) is 61.8 Å². The number of carbonyl (C=O) groups excluding carboxylic acids is 5. The van der Waals surface area contributed by atoms with Crippen LogP contribution in [0.3, 0.4) is 0 Å². The second kappa shape index (κ2) is 24.4. The smallest absolute Gasteiger partial charge is 0.407 e. The van der Waals surface area contributed by atoms with Gasteiger partial charge in [0.1, 0.15) is 17.0 Å². The van der Waals surface area contributed by atoms with Crippen molar-refractivity contribution in [1.29, 1.82) is 0 Å². The molecule has 26 heteroatoms. The number of hydrogen-bond acceptors (Lipinski definition) is 15. The minimum absolute atomic E-state index is 0.138. The second-order valence-electron chi connectivity index (χ2n) is 24.1. The van der Waals surface area contributed by atoms with Crippen LogP contribution in [-0.2, 0) is 72.9 Å². The highest BCUT2D eigenvalue weighted by Crippen LogP contribution is 2.58. The number of alkyl carbamates (subject to hydrolysis) is 1. The van der Waals surface area contributed by atoms with E-state index >= 15 is 0 Å². The molecule has 10 rings (SSSR count). The number of amides is 5. The number of nitrogens with two attached hydrogens (primary N) is 1. The Morgan fingerprint density at radius 1 is 0.614 bits per heavy atom. The van der Waals surface area contributed by atoms with Gasteiger partial charge in [-0.2, -0.15) is 10.2 Å². The lowest BCUT2D eigenvalue weighted by atomic mass is 10.0. The lowest BCUT2D eigenvalue weighted by Crippen LogP contribution is -2.48. The molecule has 0 saturated heterocycles. The minimum atomic E-state index is -3.40. The van der Waals surface area contributed by atoms with Crippen molar-refractivity contribution in [2.24, 2.45) is 5.73 Å². The normalized spacial score (nSPS) is 18.7. The van der Waals surface area contributed by atoms with Gasteiger partial charge in [0.25, 0.3) is 23.6 Å². The molecule has 2 aromatic carbocycles. The summed E-state index contributed by atoms with van der Waals surface area (Å²) in [6, 6.07) is 14.3. The largest absolute Gasteiger partial charge is 0.444 e. The van der Waals surface area contributed by atoms with Gasteiger partial charge in [-0.05, 0) is 134 Å². The molecule has 4 heterocycles. The number of nitrogens with one attached hydrogen (secondary N) is 3. The Morgan fingerprint density at radius 2 is 1.01 bits per heavy atom. The van der Waals surface area contributed by atoms with Gasteiger partial charge in [-0.3, -0.25) is 28.5 Å². The highest BCUT2D eigenvalue weighted by Gasteiger charge is 2.67. The lowest BCUT2D eigenvalue weighted by molar-refractivity contribution is 0.0493. The van der Waals surface area contributed by atoms with Crippen molar-refractivity contribution in [2.45, 2.75) is 150 Å². The third kappa shape index (κ3) is 13.6. The number of hydrogen-bond donors (Lipinski definition) is 4. The van der Waals surface area contributed by atoms with Crippen LogP contribution in [-0.4, -0.2) is 166 Å². The predicted molar refractivity (Wildman–Crippen MR) is 311 cm³/mol. The summed E-state index contributed by atoms with van der Waals surface area (Å²) >= 11 is 11.9. The zero-order chi connectivity index (χ0) is 59.8. The van der Waals surface area contributed by atoms with Crippen molar-refractivity contribution in [2.75, 3.05) is 65.7 Å². The van der Waals surface area contributed by atoms with E-state index in [1.807, 2.05) is 31.2 Å². The fourth-order valence-electron chi connectivity index (χ4n) is 10.7. The molecular weight excluding hydrogens is 1150 g/mol. The number of aromatic nitrogens is 4. The number of benzene rings is 2. The maximum atomic E-state index is 13.9. The molecule has 2 aliphatic heterocycles. The summed E-state index contributed by atoms with van der Waals surface area (Å²) in [6.45, 7) is 12.5. The number of halogens is 2. The molecule has 4 aliphatic carbocycles. The Hall–Kier alpha value is -5.63. The Bertz CT molecular complexity index is 3330. The highest BCUT2D eigenvalue weighted by atomic mass is 35.5. The molecular formula is C57H76Cl2N10O12S2. The molecule has 4 saturated carbocycles. The molecule has 0 bridgehead atoms. The van der Waals surface area contributed by atoms with Crippen LogP contribution < -0.4 is 21.7 Å². The van der Waals surface area contributed by atoms with Crippen LogP contribution in [0.4, 0.5) is 4.79 Å². The van der Waals surface area contributed by atoms with Gasteiger partial charge in [-0.15, -0.1) is 0 Å². The average Bonchev–Trinajstić information content (AvgIpc) is 1.64. The summed E-state index contributed by atoms with van der Waals surface area (Å²) in [5.41, 5.74) is 8.75. The van der Waals surface area contributed by atoms with Gasteiger partial charge in [-0.1, -0.05) is 47.5 Å². The third-order valence-corrected chi connectivity index (χ3v) is 23.8. The number of fused-ring (bicyclic) bond motifs is 2. The van der Waals surface area contributed by atoms with Crippen LogP contribution in [0.1, 0.15) is 150 Å². The summed E-state index contributed by atoms with van der Waals surface area (Å²) < 4.78 is 69.9. The van der Waals surface area contributed by atoms with Crippen LogP contribution in [0.25, 0.3) is 0 Å². The Kier molecular flexibility index (Phi) is 18.2. The zero-order valence-corrected chi connectivity index (χ0v) is 51.0. The van der Waals surface area contributed by atoms with Gasteiger partial charge >= 0.3 is 6.09 Å². The van der Waals surface area contributed by atoms with E-state index in [-0.39, 0.29) is 100 Å². The molecule has 452 valence electrons. The molecule has 0 spiro atoms. The third-order valence-electron chi connectivity index (χ3n) is 16.5. The first-order valence-corrected chi connectivity index (χ1v) is 32.1. The van der Waals surface area contributed by atoms with Crippen LogP contribution in [0, 0.1) is 0 Å². The van der Waals surface area contributed by atoms with Crippen molar-refractivity contribution in [3.05, 3.63) is 104 Å². The first kappa shape index (κ1) is 61.9. The van der Waals surface area contributed by atoms with Crippen molar-refractivity contribution >= 4 is 72.6 Å². The molecule has 5 N–H and O–H groups in total. The highest BCUT2D eigenvalue weighted by molar-refractivity contribution is 7.95. The maximum absolute atomic E-state index is 13.9. The second-order valence-corrected chi connectivity index (χ2v) is 30.7. The topological polar surface area (TPSA) is 286 Å². The van der Waals surface area contributed by atoms with E-state index in [2.05, 4.69) is 26.1 Å². The number of ether oxygens (including phenoxy) is 3. The van der Waals surface area contributed by atoms with Crippen LogP contribution in [0.2, 0.25) is 10.0 Å². The predicted octanol–water partition coefficient (Wildman–Crippen LogP) is 5.45. The molecule has 6 aliphatic rings. The van der Waals surface area contributed by atoms with Gasteiger partial charge in [0, 0.05) is 73.5 Å². The molecule has 0 radical (unpaired) electrons. The molecule has 5 amide bonds. The van der Waals surface area contributed by atoms with Gasteiger partial charge in [0.05, 0.1) is 58.5 Å². The fraction of sp³-hybridized carbons (Fsp3) is 0.596. The SMILES string of the molecule is CC(C)(C)OC(=O)NCCOCCn1nc(C(=O)NCc2ccc(Cl)cc2)c2c1C(=O)N(CC1(S(=O)(=O)C3(C)CC3)CC1)CC2.CC1(S(=O)(=O)C2(CN3CCc4c(C(=O)NCc5ccc(Cl)cc5)nn(CCOCCN)c4C3=O)CC2)CC1. The fourth-order valence-corrected chi connectivity index (χ4v) is 16.3. The van der Waals surface area contributed by atoms with E-state index in [1.165, 1.54) is 9.36 Å². The van der Waals surface area contributed by atoms with E-state index in [9.17, 15) is 40.8 Å². The molecule has 83 heavy (non-hydrogen) atoms.